The molecule has 114 valence electrons. The Balaban J connectivity index is 2.74. The van der Waals surface area contributed by atoms with E-state index in [0.29, 0.717) is 5.56 Å². The number of rotatable bonds is 8. The number of hydrogen-bond donors (Lipinski definition) is 3. The van der Waals surface area contributed by atoms with Crippen molar-refractivity contribution in [1.29, 1.82) is 0 Å². The van der Waals surface area contributed by atoms with Crippen LogP contribution in [0.4, 0.5) is 0 Å². The van der Waals surface area contributed by atoms with Crippen molar-refractivity contribution in [3.8, 4) is 0 Å². The second kappa shape index (κ2) is 7.55. The zero-order valence-electron chi connectivity index (χ0n) is 11.1. The molecule has 0 heterocycles. The van der Waals surface area contributed by atoms with Crippen LogP contribution in [-0.2, 0) is 19.6 Å². The molecule has 0 spiro atoms. The molecule has 0 aliphatic carbocycles. The summed E-state index contributed by atoms with van der Waals surface area (Å²) in [5.41, 5.74) is 5.58. The van der Waals surface area contributed by atoms with E-state index in [1.165, 1.54) is 6.08 Å². The van der Waals surface area contributed by atoms with Crippen molar-refractivity contribution < 1.29 is 23.1 Å². The summed E-state index contributed by atoms with van der Waals surface area (Å²) in [6.45, 7) is 0. The van der Waals surface area contributed by atoms with Crippen molar-refractivity contribution in [3.05, 3.63) is 41.3 Å². The van der Waals surface area contributed by atoms with Crippen LogP contribution < -0.4 is 10.5 Å². The Bertz CT molecular complexity index is 625. The lowest BCUT2D eigenvalue weighted by Crippen LogP contribution is -2.40. The minimum absolute atomic E-state index is 0.205. The van der Waals surface area contributed by atoms with E-state index in [1.807, 2.05) is 4.72 Å². The predicted octanol–water partition coefficient (Wildman–Crippen LogP) is 0.295. The van der Waals surface area contributed by atoms with Crippen LogP contribution in [-0.4, -0.2) is 31.4 Å². The van der Waals surface area contributed by atoms with Gasteiger partial charge in [0, 0.05) is 11.8 Å². The molecule has 0 aromatic heterocycles. The van der Waals surface area contributed by atoms with Crippen LogP contribution in [0.1, 0.15) is 18.4 Å². The molecule has 0 radical (unpaired) electrons. The number of carboxylic acid groups (broad SMARTS) is 1. The fourth-order valence-electron chi connectivity index (χ4n) is 1.49. The summed E-state index contributed by atoms with van der Waals surface area (Å²) < 4.78 is 25.6. The Hall–Kier alpha value is -2.19. The number of sulfonamides is 1. The van der Waals surface area contributed by atoms with E-state index in [4.69, 9.17) is 10.8 Å². The highest BCUT2D eigenvalue weighted by Gasteiger charge is 2.22. The third-order valence-corrected chi connectivity index (χ3v) is 3.63. The van der Waals surface area contributed by atoms with Crippen molar-refractivity contribution in [1.82, 2.24) is 4.72 Å². The first kappa shape index (κ1) is 16.9. The van der Waals surface area contributed by atoms with Crippen molar-refractivity contribution in [2.45, 2.75) is 18.9 Å². The van der Waals surface area contributed by atoms with Crippen LogP contribution in [0.5, 0.6) is 0 Å². The Labute approximate surface area is 122 Å². The van der Waals surface area contributed by atoms with Crippen LogP contribution in [0.2, 0.25) is 0 Å². The first-order valence-electron chi connectivity index (χ1n) is 6.07. The molecule has 1 amide bonds. The number of carbonyl (C=O) groups is 2. The molecule has 4 N–H and O–H groups in total. The van der Waals surface area contributed by atoms with E-state index < -0.39 is 27.9 Å². The van der Waals surface area contributed by atoms with E-state index in [0.717, 1.165) is 5.41 Å². The van der Waals surface area contributed by atoms with Gasteiger partial charge in [0.2, 0.25) is 15.9 Å². The van der Waals surface area contributed by atoms with Crippen LogP contribution in [0.15, 0.2) is 35.7 Å². The van der Waals surface area contributed by atoms with Gasteiger partial charge < -0.3 is 10.8 Å². The molecule has 0 unspecified atom stereocenters. The van der Waals surface area contributed by atoms with Gasteiger partial charge in [-0.3, -0.25) is 9.59 Å². The average molecular weight is 312 g/mol. The summed E-state index contributed by atoms with van der Waals surface area (Å²) >= 11 is 0. The summed E-state index contributed by atoms with van der Waals surface area (Å²) in [4.78, 5) is 21.6. The summed E-state index contributed by atoms with van der Waals surface area (Å²) in [6, 6.07) is 7.28. The lowest BCUT2D eigenvalue weighted by Gasteiger charge is -2.11. The fraction of sp³-hybridized carbons (Fsp3) is 0.231. The number of nitrogens with one attached hydrogen (secondary N) is 1. The van der Waals surface area contributed by atoms with Crippen LogP contribution in [0.3, 0.4) is 0 Å². The van der Waals surface area contributed by atoms with Gasteiger partial charge in [-0.05, 0) is 18.1 Å². The maximum Gasteiger partial charge on any atom is 0.321 e. The zero-order valence-corrected chi connectivity index (χ0v) is 11.9. The SMILES string of the molecule is NC(=O)CC[C@@H](NS(=O)(=O)/C=C/c1ccccc1)C(=O)O. The minimum atomic E-state index is -3.94. The summed E-state index contributed by atoms with van der Waals surface area (Å²) in [5, 5.41) is 9.81. The Morgan fingerprint density at radius 1 is 1.29 bits per heavy atom. The van der Waals surface area contributed by atoms with Gasteiger partial charge in [0.15, 0.2) is 0 Å². The first-order valence-corrected chi connectivity index (χ1v) is 7.61. The number of aliphatic carboxylic acids is 1. The molecule has 1 atom stereocenters. The summed E-state index contributed by atoms with van der Waals surface area (Å²) in [7, 11) is -3.94. The van der Waals surface area contributed by atoms with Gasteiger partial charge in [0.1, 0.15) is 6.04 Å². The van der Waals surface area contributed by atoms with E-state index >= 15 is 0 Å². The Kier molecular flexibility index (Phi) is 6.07. The lowest BCUT2D eigenvalue weighted by molar-refractivity contribution is -0.139. The number of hydrogen-bond acceptors (Lipinski definition) is 4. The molecule has 1 rings (SSSR count). The molecule has 0 bridgehead atoms. The predicted molar refractivity (Wildman–Crippen MR) is 77.4 cm³/mol. The van der Waals surface area contributed by atoms with E-state index in [-0.39, 0.29) is 12.8 Å². The quantitative estimate of drug-likeness (QED) is 0.636. The molecule has 0 aliphatic heterocycles. The number of carbonyl (C=O) groups excluding carboxylic acids is 1. The standard InChI is InChI=1S/C13H16N2O5S/c14-12(16)7-6-11(13(17)18)15-21(19,20)9-8-10-4-2-1-3-5-10/h1-5,8-9,11,15H,6-7H2,(H2,14,16)(H,17,18)/b9-8+/t11-/m1/s1. The van der Waals surface area contributed by atoms with E-state index in [1.54, 1.807) is 30.3 Å². The number of primary amides is 1. The number of benzene rings is 1. The highest BCUT2D eigenvalue weighted by atomic mass is 32.2. The largest absolute Gasteiger partial charge is 0.480 e. The monoisotopic (exact) mass is 312 g/mol. The van der Waals surface area contributed by atoms with Crippen molar-refractivity contribution in [2.24, 2.45) is 5.73 Å². The highest BCUT2D eigenvalue weighted by molar-refractivity contribution is 7.92. The first-order chi connectivity index (χ1) is 9.80. The van der Waals surface area contributed by atoms with Gasteiger partial charge in [-0.25, -0.2) is 8.42 Å². The van der Waals surface area contributed by atoms with Gasteiger partial charge in [-0.15, -0.1) is 0 Å². The van der Waals surface area contributed by atoms with Crippen molar-refractivity contribution in [2.75, 3.05) is 0 Å². The number of carboxylic acids is 1. The molecule has 0 saturated heterocycles. The molecule has 0 fully saturated rings. The molecule has 7 nitrogen and oxygen atoms in total. The summed E-state index contributed by atoms with van der Waals surface area (Å²) in [6.07, 6.45) is 0.917. The summed E-state index contributed by atoms with van der Waals surface area (Å²) in [5.74, 6) is -2.06. The minimum Gasteiger partial charge on any atom is -0.480 e. The van der Waals surface area contributed by atoms with E-state index in [2.05, 4.69) is 0 Å². The maximum absolute atomic E-state index is 11.8. The molecule has 21 heavy (non-hydrogen) atoms. The van der Waals surface area contributed by atoms with Gasteiger partial charge in [0.05, 0.1) is 0 Å². The maximum atomic E-state index is 11.8. The Morgan fingerprint density at radius 3 is 2.43 bits per heavy atom. The van der Waals surface area contributed by atoms with Crippen LogP contribution in [0, 0.1) is 0 Å². The van der Waals surface area contributed by atoms with Crippen molar-refractivity contribution >= 4 is 28.0 Å². The van der Waals surface area contributed by atoms with Gasteiger partial charge in [0.25, 0.3) is 0 Å². The van der Waals surface area contributed by atoms with Crippen LogP contribution in [0.25, 0.3) is 6.08 Å². The third kappa shape index (κ3) is 6.68. The molecular formula is C13H16N2O5S. The smallest absolute Gasteiger partial charge is 0.321 e. The number of amides is 1. The third-order valence-electron chi connectivity index (χ3n) is 2.52. The second-order valence-electron chi connectivity index (χ2n) is 4.27. The topological polar surface area (TPSA) is 127 Å². The highest BCUT2D eigenvalue weighted by Crippen LogP contribution is 2.05. The van der Waals surface area contributed by atoms with Crippen LogP contribution >= 0.6 is 0 Å². The van der Waals surface area contributed by atoms with E-state index in [9.17, 15) is 18.0 Å². The Morgan fingerprint density at radius 2 is 1.90 bits per heavy atom. The molecule has 1 aromatic carbocycles. The lowest BCUT2D eigenvalue weighted by atomic mass is 10.2. The fourth-order valence-corrected chi connectivity index (χ4v) is 2.52. The molecule has 0 aliphatic rings. The van der Waals surface area contributed by atoms with Crippen molar-refractivity contribution in [3.63, 3.8) is 0 Å². The van der Waals surface area contributed by atoms with Gasteiger partial charge in [-0.2, -0.15) is 4.72 Å². The molecular weight excluding hydrogens is 296 g/mol. The zero-order chi connectivity index (χ0) is 15.9. The van der Waals surface area contributed by atoms with Gasteiger partial charge in [-0.1, -0.05) is 30.3 Å². The molecule has 0 saturated carbocycles. The average Bonchev–Trinajstić information content (AvgIpc) is 2.42. The normalized spacial score (nSPS) is 13.1. The second-order valence-corrected chi connectivity index (χ2v) is 5.87. The molecule has 8 heteroatoms. The number of nitrogens with two attached hydrogens (primary N) is 1. The molecule has 1 aromatic rings. The van der Waals surface area contributed by atoms with Gasteiger partial charge >= 0.3 is 5.97 Å².